The van der Waals surface area contributed by atoms with Crippen LogP contribution in [0.5, 0.6) is 0 Å². The number of carboxylic acids is 1. The molecular formula is C15H21FN2O3. The van der Waals surface area contributed by atoms with E-state index in [0.29, 0.717) is 17.5 Å². The number of urea groups is 1. The molecule has 5 nitrogen and oxygen atoms in total. The van der Waals surface area contributed by atoms with Gasteiger partial charge in [0.2, 0.25) is 0 Å². The number of nitrogens with one attached hydrogen (secondary N) is 1. The number of nitrogens with zero attached hydrogens (tertiary/aromatic N) is 1. The molecule has 0 heterocycles. The van der Waals surface area contributed by atoms with Gasteiger partial charge in [-0.25, -0.2) is 14.0 Å². The van der Waals surface area contributed by atoms with Gasteiger partial charge in [0.15, 0.2) is 0 Å². The van der Waals surface area contributed by atoms with E-state index in [9.17, 15) is 14.0 Å². The van der Waals surface area contributed by atoms with Crippen molar-refractivity contribution in [3.8, 4) is 0 Å². The monoisotopic (exact) mass is 296 g/mol. The van der Waals surface area contributed by atoms with Crippen molar-refractivity contribution in [3.05, 3.63) is 35.1 Å². The summed E-state index contributed by atoms with van der Waals surface area (Å²) in [4.78, 5) is 24.2. The number of halogens is 1. The number of aliphatic carboxylic acids is 1. The fraction of sp³-hybridized carbons (Fsp3) is 0.467. The topological polar surface area (TPSA) is 69.6 Å². The van der Waals surface area contributed by atoms with Crippen molar-refractivity contribution in [2.24, 2.45) is 0 Å². The van der Waals surface area contributed by atoms with E-state index in [2.05, 4.69) is 5.32 Å². The van der Waals surface area contributed by atoms with Gasteiger partial charge in [0.25, 0.3) is 0 Å². The molecule has 0 saturated heterocycles. The lowest BCUT2D eigenvalue weighted by molar-refractivity contribution is -0.141. The second-order valence-electron chi connectivity index (χ2n) is 5.05. The van der Waals surface area contributed by atoms with Gasteiger partial charge in [-0.3, -0.25) is 0 Å². The molecule has 0 aliphatic rings. The van der Waals surface area contributed by atoms with Gasteiger partial charge in [0.1, 0.15) is 11.9 Å². The molecule has 2 atom stereocenters. The van der Waals surface area contributed by atoms with Gasteiger partial charge in [-0.05, 0) is 37.5 Å². The molecule has 0 aliphatic heterocycles. The number of carboxylic acid groups (broad SMARTS) is 1. The van der Waals surface area contributed by atoms with Gasteiger partial charge in [0.05, 0.1) is 6.04 Å². The fourth-order valence-corrected chi connectivity index (χ4v) is 2.00. The third-order valence-electron chi connectivity index (χ3n) is 3.50. The van der Waals surface area contributed by atoms with Crippen LogP contribution in [0.3, 0.4) is 0 Å². The lowest BCUT2D eigenvalue weighted by Crippen LogP contribution is -2.47. The Kier molecular flexibility index (Phi) is 5.69. The molecule has 0 bridgehead atoms. The maximum Gasteiger partial charge on any atom is 0.326 e. The molecule has 2 unspecified atom stereocenters. The molecule has 0 aromatic heterocycles. The Morgan fingerprint density at radius 2 is 2.05 bits per heavy atom. The van der Waals surface area contributed by atoms with E-state index < -0.39 is 24.1 Å². The van der Waals surface area contributed by atoms with Crippen LogP contribution in [0, 0.1) is 12.7 Å². The highest BCUT2D eigenvalue weighted by atomic mass is 19.1. The molecule has 6 heteroatoms. The molecule has 21 heavy (non-hydrogen) atoms. The summed E-state index contributed by atoms with van der Waals surface area (Å²) in [5.74, 6) is -1.39. The third-order valence-corrected chi connectivity index (χ3v) is 3.50. The maximum atomic E-state index is 13.5. The van der Waals surface area contributed by atoms with Crippen LogP contribution in [-0.4, -0.2) is 35.1 Å². The molecule has 0 fully saturated rings. The predicted molar refractivity (Wildman–Crippen MR) is 77.6 cm³/mol. The van der Waals surface area contributed by atoms with Crippen LogP contribution in [0.25, 0.3) is 0 Å². The van der Waals surface area contributed by atoms with Gasteiger partial charge in [0, 0.05) is 7.05 Å². The van der Waals surface area contributed by atoms with E-state index in [4.69, 9.17) is 5.11 Å². The Labute approximate surface area is 123 Å². The number of likely N-dealkylation sites (N-methyl/N-ethyl adjacent to an activating group) is 1. The first-order valence-electron chi connectivity index (χ1n) is 6.80. The molecule has 0 spiro atoms. The normalized spacial score (nSPS) is 13.4. The first-order chi connectivity index (χ1) is 9.77. The maximum absolute atomic E-state index is 13.5. The standard InChI is InChI=1S/C15H21FN2O3/c1-5-13(14(19)20)18(4)15(21)17-10(3)11-7-6-9(2)12(16)8-11/h6-8,10,13H,5H2,1-4H3,(H,17,21)(H,19,20). The van der Waals surface area contributed by atoms with Crippen molar-refractivity contribution in [1.29, 1.82) is 0 Å². The molecule has 116 valence electrons. The number of benzene rings is 1. The van der Waals surface area contributed by atoms with Crippen molar-refractivity contribution in [2.45, 2.75) is 39.3 Å². The van der Waals surface area contributed by atoms with Gasteiger partial charge in [-0.2, -0.15) is 0 Å². The summed E-state index contributed by atoms with van der Waals surface area (Å²) >= 11 is 0. The second-order valence-corrected chi connectivity index (χ2v) is 5.05. The van der Waals surface area contributed by atoms with Gasteiger partial charge in [-0.15, -0.1) is 0 Å². The molecular weight excluding hydrogens is 275 g/mol. The van der Waals surface area contributed by atoms with Gasteiger partial charge in [-0.1, -0.05) is 19.1 Å². The van der Waals surface area contributed by atoms with E-state index in [1.165, 1.54) is 13.1 Å². The predicted octanol–water partition coefficient (Wildman–Crippen LogP) is 2.70. The minimum atomic E-state index is -1.05. The van der Waals surface area contributed by atoms with E-state index >= 15 is 0 Å². The van der Waals surface area contributed by atoms with Crippen LogP contribution >= 0.6 is 0 Å². The number of carbonyl (C=O) groups excluding carboxylic acids is 1. The summed E-state index contributed by atoms with van der Waals surface area (Å²) in [7, 11) is 1.43. The van der Waals surface area contributed by atoms with Crippen molar-refractivity contribution in [1.82, 2.24) is 10.2 Å². The Balaban J connectivity index is 2.77. The van der Waals surface area contributed by atoms with Crippen LogP contribution in [0.2, 0.25) is 0 Å². The molecule has 1 aromatic carbocycles. The number of aryl methyl sites for hydroxylation is 1. The number of rotatable bonds is 5. The molecule has 0 aliphatic carbocycles. The zero-order chi connectivity index (χ0) is 16.2. The van der Waals surface area contributed by atoms with E-state index in [-0.39, 0.29) is 5.82 Å². The highest BCUT2D eigenvalue weighted by Crippen LogP contribution is 2.17. The molecule has 1 aromatic rings. The molecule has 2 N–H and O–H groups in total. The van der Waals surface area contributed by atoms with Crippen LogP contribution < -0.4 is 5.32 Å². The minimum absolute atomic E-state index is 0.312. The number of hydrogen-bond donors (Lipinski definition) is 2. The quantitative estimate of drug-likeness (QED) is 0.877. The largest absolute Gasteiger partial charge is 0.480 e. The Morgan fingerprint density at radius 1 is 1.43 bits per heavy atom. The van der Waals surface area contributed by atoms with Crippen LogP contribution in [0.1, 0.15) is 37.4 Å². The number of amides is 2. The Bertz CT molecular complexity index is 534. The summed E-state index contributed by atoms with van der Waals surface area (Å²) in [5.41, 5.74) is 1.16. The zero-order valence-electron chi connectivity index (χ0n) is 12.7. The molecule has 0 saturated carbocycles. The van der Waals surface area contributed by atoms with E-state index in [0.717, 1.165) is 4.90 Å². The van der Waals surface area contributed by atoms with Crippen LogP contribution in [0.4, 0.5) is 9.18 Å². The average molecular weight is 296 g/mol. The van der Waals surface area contributed by atoms with E-state index in [1.54, 1.807) is 32.9 Å². The average Bonchev–Trinajstić information content (AvgIpc) is 2.41. The highest BCUT2D eigenvalue weighted by molar-refractivity contribution is 5.82. The van der Waals surface area contributed by atoms with Crippen LogP contribution in [-0.2, 0) is 4.79 Å². The third kappa shape index (κ3) is 4.18. The second kappa shape index (κ2) is 7.06. The van der Waals surface area contributed by atoms with Crippen molar-refractivity contribution < 1.29 is 19.1 Å². The Hall–Kier alpha value is -2.11. The van der Waals surface area contributed by atoms with E-state index in [1.807, 2.05) is 0 Å². The Morgan fingerprint density at radius 3 is 2.52 bits per heavy atom. The summed E-state index contributed by atoms with van der Waals surface area (Å²) in [6.07, 6.45) is 0.312. The lowest BCUT2D eigenvalue weighted by Gasteiger charge is -2.26. The first-order valence-corrected chi connectivity index (χ1v) is 6.80. The summed E-state index contributed by atoms with van der Waals surface area (Å²) in [6, 6.07) is 2.95. The molecule has 1 rings (SSSR count). The summed E-state index contributed by atoms with van der Waals surface area (Å²) in [6.45, 7) is 5.08. The minimum Gasteiger partial charge on any atom is -0.480 e. The fourth-order valence-electron chi connectivity index (χ4n) is 2.00. The highest BCUT2D eigenvalue weighted by Gasteiger charge is 2.25. The number of carbonyl (C=O) groups is 2. The molecule has 2 amide bonds. The summed E-state index contributed by atoms with van der Waals surface area (Å²) in [5, 5.41) is 11.7. The van der Waals surface area contributed by atoms with Crippen molar-refractivity contribution in [3.63, 3.8) is 0 Å². The number of hydrogen-bond acceptors (Lipinski definition) is 2. The smallest absolute Gasteiger partial charge is 0.326 e. The lowest BCUT2D eigenvalue weighted by atomic mass is 10.1. The van der Waals surface area contributed by atoms with Crippen LogP contribution in [0.15, 0.2) is 18.2 Å². The van der Waals surface area contributed by atoms with Crippen molar-refractivity contribution in [2.75, 3.05) is 7.05 Å². The van der Waals surface area contributed by atoms with Gasteiger partial charge < -0.3 is 15.3 Å². The van der Waals surface area contributed by atoms with Gasteiger partial charge >= 0.3 is 12.0 Å². The SMILES string of the molecule is CCC(C(=O)O)N(C)C(=O)NC(C)c1ccc(C)c(F)c1. The van der Waals surface area contributed by atoms with Crippen molar-refractivity contribution >= 4 is 12.0 Å². The first kappa shape index (κ1) is 16.9. The molecule has 0 radical (unpaired) electrons. The zero-order valence-corrected chi connectivity index (χ0v) is 12.7. The summed E-state index contributed by atoms with van der Waals surface area (Å²) < 4.78 is 13.5.